The Morgan fingerprint density at radius 3 is 3.00 bits per heavy atom. The van der Waals surface area contributed by atoms with E-state index < -0.39 is 0 Å². The van der Waals surface area contributed by atoms with Crippen LogP contribution in [0.2, 0.25) is 0 Å². The van der Waals surface area contributed by atoms with Crippen molar-refractivity contribution in [2.75, 3.05) is 5.73 Å². The summed E-state index contributed by atoms with van der Waals surface area (Å²) in [6.07, 6.45) is 0. The van der Waals surface area contributed by atoms with Gasteiger partial charge in [0.1, 0.15) is 5.51 Å². The van der Waals surface area contributed by atoms with Gasteiger partial charge in [-0.3, -0.25) is 0 Å². The predicted molar refractivity (Wildman–Crippen MR) is 65.0 cm³/mol. The van der Waals surface area contributed by atoms with Crippen molar-refractivity contribution in [3.63, 3.8) is 0 Å². The van der Waals surface area contributed by atoms with Crippen molar-refractivity contribution < 1.29 is 0 Å². The van der Waals surface area contributed by atoms with Crippen molar-refractivity contribution in [2.24, 2.45) is 0 Å². The van der Waals surface area contributed by atoms with E-state index in [1.807, 2.05) is 18.2 Å². The van der Waals surface area contributed by atoms with Gasteiger partial charge in [0.05, 0.1) is 0 Å². The lowest BCUT2D eigenvalue weighted by molar-refractivity contribution is 0.999. The summed E-state index contributed by atoms with van der Waals surface area (Å²) in [5.74, 6) is 0. The number of nitrogens with zero attached hydrogens (tertiary/aromatic N) is 2. The van der Waals surface area contributed by atoms with Crippen molar-refractivity contribution in [1.82, 2.24) is 10.2 Å². The summed E-state index contributed by atoms with van der Waals surface area (Å²) in [5, 5.41) is 8.16. The molecule has 0 radical (unpaired) electrons. The molecule has 0 aliphatic heterocycles. The Labute approximate surface area is 96.7 Å². The van der Waals surface area contributed by atoms with Crippen LogP contribution in [0.5, 0.6) is 0 Å². The Bertz CT molecular complexity index is 428. The number of hydrogen-bond acceptors (Lipinski definition) is 5. The van der Waals surface area contributed by atoms with Crippen molar-refractivity contribution >= 4 is 28.8 Å². The monoisotopic (exact) mass is 237 g/mol. The molecule has 0 aliphatic carbocycles. The van der Waals surface area contributed by atoms with Crippen LogP contribution >= 0.6 is 23.1 Å². The third-order valence-corrected chi connectivity index (χ3v) is 3.97. The maximum Gasteiger partial charge on any atom is 0.174 e. The molecule has 3 nitrogen and oxygen atoms in total. The first-order chi connectivity index (χ1) is 7.25. The fraction of sp³-hybridized carbons (Fsp3) is 0.200. The summed E-state index contributed by atoms with van der Waals surface area (Å²) in [6, 6.07) is 7.95. The predicted octanol–water partition coefficient (Wildman–Crippen LogP) is 2.97. The standard InChI is InChI=1S/C10H11N3S2/c1-7(15-10-13-12-6-14-10)8-3-2-4-9(11)5-8/h2-7H,11H2,1H3. The molecule has 1 unspecified atom stereocenters. The Morgan fingerprint density at radius 2 is 2.33 bits per heavy atom. The SMILES string of the molecule is CC(Sc1nncs1)c1cccc(N)c1. The number of rotatable bonds is 3. The van der Waals surface area contributed by atoms with Crippen molar-refractivity contribution in [3.8, 4) is 0 Å². The second kappa shape index (κ2) is 4.63. The summed E-state index contributed by atoms with van der Waals surface area (Å²) in [4.78, 5) is 0. The number of thioether (sulfide) groups is 1. The molecule has 0 aliphatic rings. The molecule has 0 amide bonds. The molecule has 2 aromatic rings. The van der Waals surface area contributed by atoms with E-state index in [1.54, 1.807) is 28.6 Å². The quantitative estimate of drug-likeness (QED) is 0.658. The summed E-state index contributed by atoms with van der Waals surface area (Å²) in [6.45, 7) is 2.14. The highest BCUT2D eigenvalue weighted by Crippen LogP contribution is 2.35. The van der Waals surface area contributed by atoms with Crippen molar-refractivity contribution in [1.29, 1.82) is 0 Å². The van der Waals surface area contributed by atoms with E-state index >= 15 is 0 Å². The molecule has 0 fully saturated rings. The first kappa shape index (κ1) is 10.4. The molecule has 2 N–H and O–H groups in total. The highest BCUT2D eigenvalue weighted by atomic mass is 32.2. The molecule has 1 heterocycles. The minimum Gasteiger partial charge on any atom is -0.399 e. The fourth-order valence-electron chi connectivity index (χ4n) is 1.25. The van der Waals surface area contributed by atoms with Gasteiger partial charge in [0.2, 0.25) is 0 Å². The highest BCUT2D eigenvalue weighted by Gasteiger charge is 2.09. The summed E-state index contributed by atoms with van der Waals surface area (Å²) < 4.78 is 0.991. The number of nitrogens with two attached hydrogens (primary N) is 1. The average molecular weight is 237 g/mol. The van der Waals surface area contributed by atoms with E-state index in [0.717, 1.165) is 10.0 Å². The number of nitrogen functional groups attached to an aromatic ring is 1. The first-order valence-electron chi connectivity index (χ1n) is 4.54. The van der Waals surface area contributed by atoms with E-state index in [1.165, 1.54) is 5.56 Å². The van der Waals surface area contributed by atoms with Crippen LogP contribution in [-0.2, 0) is 0 Å². The molecule has 0 saturated heterocycles. The van der Waals surface area contributed by atoms with Gasteiger partial charge in [0.15, 0.2) is 4.34 Å². The van der Waals surface area contributed by atoms with Gasteiger partial charge in [0.25, 0.3) is 0 Å². The number of anilines is 1. The van der Waals surface area contributed by atoms with Crippen LogP contribution in [0, 0.1) is 0 Å². The smallest absolute Gasteiger partial charge is 0.174 e. The van der Waals surface area contributed by atoms with Crippen LogP contribution in [0.1, 0.15) is 17.7 Å². The highest BCUT2D eigenvalue weighted by molar-refractivity contribution is 8.01. The average Bonchev–Trinajstić information content (AvgIpc) is 2.70. The largest absolute Gasteiger partial charge is 0.399 e. The minimum atomic E-state index is 0.349. The molecular weight excluding hydrogens is 226 g/mol. The molecular formula is C10H11N3S2. The molecule has 1 aromatic carbocycles. The van der Waals surface area contributed by atoms with Crippen LogP contribution in [0.3, 0.4) is 0 Å². The van der Waals surface area contributed by atoms with E-state index in [-0.39, 0.29) is 0 Å². The van der Waals surface area contributed by atoms with Crippen molar-refractivity contribution in [2.45, 2.75) is 16.5 Å². The number of benzene rings is 1. The van der Waals surface area contributed by atoms with E-state index in [0.29, 0.717) is 5.25 Å². The topological polar surface area (TPSA) is 51.8 Å². The Hall–Kier alpha value is -1.07. The zero-order valence-corrected chi connectivity index (χ0v) is 9.89. The molecule has 15 heavy (non-hydrogen) atoms. The van der Waals surface area contributed by atoms with E-state index in [4.69, 9.17) is 5.73 Å². The number of aromatic nitrogens is 2. The third-order valence-electron chi connectivity index (χ3n) is 2.00. The Kier molecular flexibility index (Phi) is 3.23. The summed E-state index contributed by atoms with van der Waals surface area (Å²) >= 11 is 3.26. The zero-order chi connectivity index (χ0) is 10.7. The second-order valence-corrected chi connectivity index (χ2v) is 5.56. The van der Waals surface area contributed by atoms with Crippen LogP contribution in [0.15, 0.2) is 34.1 Å². The van der Waals surface area contributed by atoms with Gasteiger partial charge in [-0.2, -0.15) is 0 Å². The number of hydrogen-bond donors (Lipinski definition) is 1. The lowest BCUT2D eigenvalue weighted by Crippen LogP contribution is -1.91. The molecule has 0 spiro atoms. The second-order valence-electron chi connectivity index (χ2n) is 3.13. The molecule has 78 valence electrons. The third kappa shape index (κ3) is 2.70. The minimum absolute atomic E-state index is 0.349. The molecule has 5 heteroatoms. The Morgan fingerprint density at radius 1 is 1.47 bits per heavy atom. The molecule has 0 bridgehead atoms. The van der Waals surface area contributed by atoms with Crippen LogP contribution in [-0.4, -0.2) is 10.2 Å². The molecule has 0 saturated carbocycles. The van der Waals surface area contributed by atoms with E-state index in [2.05, 4.69) is 23.2 Å². The lowest BCUT2D eigenvalue weighted by Gasteiger charge is -2.09. The molecule has 2 rings (SSSR count). The van der Waals surface area contributed by atoms with Gasteiger partial charge in [-0.15, -0.1) is 10.2 Å². The van der Waals surface area contributed by atoms with Gasteiger partial charge in [-0.05, 0) is 24.6 Å². The normalized spacial score (nSPS) is 12.6. The van der Waals surface area contributed by atoms with E-state index in [9.17, 15) is 0 Å². The maximum absolute atomic E-state index is 5.74. The van der Waals surface area contributed by atoms with Gasteiger partial charge in [-0.1, -0.05) is 35.2 Å². The lowest BCUT2D eigenvalue weighted by atomic mass is 10.1. The fourth-order valence-corrected chi connectivity index (χ4v) is 2.99. The molecule has 1 aromatic heterocycles. The van der Waals surface area contributed by atoms with Gasteiger partial charge in [-0.25, -0.2) is 0 Å². The summed E-state index contributed by atoms with van der Waals surface area (Å²) in [5.41, 5.74) is 9.50. The van der Waals surface area contributed by atoms with Crippen LogP contribution < -0.4 is 5.73 Å². The van der Waals surface area contributed by atoms with Gasteiger partial charge >= 0.3 is 0 Å². The van der Waals surface area contributed by atoms with Gasteiger partial charge in [0, 0.05) is 10.9 Å². The maximum atomic E-state index is 5.74. The van der Waals surface area contributed by atoms with Crippen LogP contribution in [0.4, 0.5) is 5.69 Å². The van der Waals surface area contributed by atoms with Crippen molar-refractivity contribution in [3.05, 3.63) is 35.3 Å². The Balaban J connectivity index is 2.11. The van der Waals surface area contributed by atoms with Crippen LogP contribution in [0.25, 0.3) is 0 Å². The van der Waals surface area contributed by atoms with Gasteiger partial charge < -0.3 is 5.73 Å². The zero-order valence-electron chi connectivity index (χ0n) is 8.25. The first-order valence-corrected chi connectivity index (χ1v) is 6.30. The summed E-state index contributed by atoms with van der Waals surface area (Å²) in [7, 11) is 0. The molecule has 1 atom stereocenters.